The third-order valence-electron chi connectivity index (χ3n) is 4.60. The Morgan fingerprint density at radius 3 is 1.93 bits per heavy atom. The molecule has 0 atom stereocenters. The van der Waals surface area contributed by atoms with Crippen molar-refractivity contribution >= 4 is 29.1 Å². The van der Waals surface area contributed by atoms with E-state index in [0.29, 0.717) is 5.56 Å². The summed E-state index contributed by atoms with van der Waals surface area (Å²) in [6.45, 7) is 0. The highest BCUT2D eigenvalue weighted by Gasteiger charge is 2.32. The van der Waals surface area contributed by atoms with Gasteiger partial charge in [-0.15, -0.1) is 0 Å². The van der Waals surface area contributed by atoms with Crippen molar-refractivity contribution in [2.45, 2.75) is 0 Å². The average molecular weight is 371 g/mol. The number of amides is 1. The van der Waals surface area contributed by atoms with Gasteiger partial charge in [0.15, 0.2) is 11.6 Å². The van der Waals surface area contributed by atoms with Gasteiger partial charge in [-0.1, -0.05) is 48.5 Å². The first-order chi connectivity index (χ1) is 13.5. The van der Waals surface area contributed by atoms with Crippen LogP contribution in [-0.2, 0) is 0 Å². The Hall–Kier alpha value is -4.06. The highest BCUT2D eigenvalue weighted by molar-refractivity contribution is 6.30. The number of carboxylic acids is 1. The predicted octanol–water partition coefficient (Wildman–Crippen LogP) is 3.41. The minimum atomic E-state index is -1.24. The summed E-state index contributed by atoms with van der Waals surface area (Å²) in [7, 11) is 0. The van der Waals surface area contributed by atoms with Crippen LogP contribution in [0.3, 0.4) is 0 Å². The van der Waals surface area contributed by atoms with Crippen LogP contribution >= 0.6 is 0 Å². The van der Waals surface area contributed by atoms with Crippen molar-refractivity contribution in [1.29, 1.82) is 0 Å². The number of benzene rings is 3. The molecule has 2 N–H and O–H groups in total. The number of hydrogen-bond acceptors (Lipinski definition) is 4. The summed E-state index contributed by atoms with van der Waals surface area (Å²) < 4.78 is 0. The normalized spacial score (nSPS) is 12.1. The largest absolute Gasteiger partial charge is 0.478 e. The van der Waals surface area contributed by atoms with E-state index in [2.05, 4.69) is 5.32 Å². The molecule has 1 aliphatic rings. The Morgan fingerprint density at radius 2 is 1.25 bits per heavy atom. The lowest BCUT2D eigenvalue weighted by atomic mass is 9.83. The second-order valence-electron chi connectivity index (χ2n) is 6.24. The molecule has 1 amide bonds. The highest BCUT2D eigenvalue weighted by atomic mass is 16.4. The van der Waals surface area contributed by atoms with Gasteiger partial charge in [0.1, 0.15) is 0 Å². The maximum atomic E-state index is 13.0. The summed E-state index contributed by atoms with van der Waals surface area (Å²) >= 11 is 0. The number of carbonyl (C=O) groups is 4. The molecule has 0 heterocycles. The first-order valence-electron chi connectivity index (χ1n) is 8.44. The molecule has 0 aromatic heterocycles. The van der Waals surface area contributed by atoms with Crippen molar-refractivity contribution < 1.29 is 24.3 Å². The van der Waals surface area contributed by atoms with Crippen molar-refractivity contribution in [3.8, 4) is 0 Å². The highest BCUT2D eigenvalue weighted by Crippen LogP contribution is 2.32. The van der Waals surface area contributed by atoms with E-state index >= 15 is 0 Å². The molecule has 3 aromatic carbocycles. The quantitative estimate of drug-likeness (QED) is 0.575. The van der Waals surface area contributed by atoms with Crippen LogP contribution in [0.5, 0.6) is 0 Å². The number of rotatable bonds is 3. The zero-order chi connectivity index (χ0) is 19.8. The van der Waals surface area contributed by atoms with Crippen LogP contribution in [0, 0.1) is 0 Å². The molecule has 0 saturated carbocycles. The Kier molecular flexibility index (Phi) is 4.08. The van der Waals surface area contributed by atoms with Gasteiger partial charge >= 0.3 is 5.97 Å². The first kappa shape index (κ1) is 17.4. The van der Waals surface area contributed by atoms with Gasteiger partial charge in [-0.3, -0.25) is 14.4 Å². The maximum Gasteiger partial charge on any atom is 0.336 e. The number of hydrogen-bond donors (Lipinski definition) is 2. The molecule has 0 radical (unpaired) electrons. The van der Waals surface area contributed by atoms with E-state index in [1.54, 1.807) is 36.4 Å². The number of aromatic carboxylic acids is 1. The summed E-state index contributed by atoms with van der Waals surface area (Å²) in [5.41, 5.74) is 0.864. The standard InChI is InChI=1S/C22H13NO5/c24-19-12-6-1-2-7-13(12)20(25)18-16(19)10-5-11-17(18)23-21(26)14-8-3-4-9-15(14)22(27)28/h1-11H,(H,23,26)(H,27,28). The molecule has 0 spiro atoms. The number of anilines is 1. The van der Waals surface area contributed by atoms with E-state index in [4.69, 9.17) is 0 Å². The zero-order valence-corrected chi connectivity index (χ0v) is 14.4. The van der Waals surface area contributed by atoms with E-state index in [1.807, 2.05) is 0 Å². The molecule has 0 bridgehead atoms. The van der Waals surface area contributed by atoms with Crippen LogP contribution < -0.4 is 5.32 Å². The van der Waals surface area contributed by atoms with Crippen LogP contribution in [0.25, 0.3) is 0 Å². The van der Waals surface area contributed by atoms with Gasteiger partial charge in [-0.25, -0.2) is 4.79 Å². The predicted molar refractivity (Wildman–Crippen MR) is 101 cm³/mol. The van der Waals surface area contributed by atoms with E-state index in [1.165, 1.54) is 30.3 Å². The third-order valence-corrected chi connectivity index (χ3v) is 4.60. The molecule has 136 valence electrons. The third kappa shape index (κ3) is 2.68. The summed E-state index contributed by atoms with van der Waals surface area (Å²) in [4.78, 5) is 49.8. The number of carbonyl (C=O) groups excluding carboxylic acids is 3. The van der Waals surface area contributed by atoms with Crippen LogP contribution in [-0.4, -0.2) is 28.5 Å². The molecule has 0 unspecified atom stereocenters. The van der Waals surface area contributed by atoms with E-state index in [9.17, 15) is 24.3 Å². The molecule has 6 heteroatoms. The minimum Gasteiger partial charge on any atom is -0.478 e. The molecule has 1 aliphatic carbocycles. The van der Waals surface area contributed by atoms with Gasteiger partial charge in [0, 0.05) is 16.7 Å². The van der Waals surface area contributed by atoms with E-state index in [-0.39, 0.29) is 45.1 Å². The summed E-state index contributed by atoms with van der Waals surface area (Å²) in [6.07, 6.45) is 0. The molecule has 28 heavy (non-hydrogen) atoms. The van der Waals surface area contributed by atoms with Crippen molar-refractivity contribution in [3.63, 3.8) is 0 Å². The molecule has 0 aliphatic heterocycles. The van der Waals surface area contributed by atoms with Crippen molar-refractivity contribution in [3.05, 3.63) is 100 Å². The lowest BCUT2D eigenvalue weighted by molar-refractivity contribution is 0.0692. The lowest BCUT2D eigenvalue weighted by Gasteiger charge is -2.20. The van der Waals surface area contributed by atoms with Crippen LogP contribution in [0.2, 0.25) is 0 Å². The topological polar surface area (TPSA) is 101 Å². The molecular weight excluding hydrogens is 358 g/mol. The van der Waals surface area contributed by atoms with Gasteiger partial charge < -0.3 is 10.4 Å². The fourth-order valence-electron chi connectivity index (χ4n) is 3.31. The van der Waals surface area contributed by atoms with Crippen molar-refractivity contribution in [2.75, 3.05) is 5.32 Å². The Balaban J connectivity index is 1.78. The van der Waals surface area contributed by atoms with Crippen LogP contribution in [0.4, 0.5) is 5.69 Å². The van der Waals surface area contributed by atoms with Gasteiger partial charge in [0.2, 0.25) is 0 Å². The van der Waals surface area contributed by atoms with Crippen LogP contribution in [0.1, 0.15) is 52.6 Å². The Bertz CT molecular complexity index is 1180. The number of ketones is 2. The second kappa shape index (κ2) is 6.59. The molecule has 3 aromatic rings. The lowest BCUT2D eigenvalue weighted by Crippen LogP contribution is -2.24. The first-order valence-corrected chi connectivity index (χ1v) is 8.44. The van der Waals surface area contributed by atoms with E-state index < -0.39 is 11.9 Å². The fourth-order valence-corrected chi connectivity index (χ4v) is 3.31. The Labute approximate surface area is 159 Å². The number of nitrogens with one attached hydrogen (secondary N) is 1. The number of fused-ring (bicyclic) bond motifs is 2. The van der Waals surface area contributed by atoms with Crippen molar-refractivity contribution in [2.24, 2.45) is 0 Å². The van der Waals surface area contributed by atoms with Gasteiger partial charge in [0.25, 0.3) is 5.91 Å². The fraction of sp³-hybridized carbons (Fsp3) is 0. The maximum absolute atomic E-state index is 13.0. The average Bonchev–Trinajstić information content (AvgIpc) is 2.72. The van der Waals surface area contributed by atoms with Gasteiger partial charge in [-0.2, -0.15) is 0 Å². The molecule has 0 saturated heterocycles. The summed E-state index contributed by atoms with van der Waals surface area (Å²) in [5.74, 6) is -2.58. The van der Waals surface area contributed by atoms with Gasteiger partial charge in [0.05, 0.1) is 22.4 Å². The molecular formula is C22H13NO5. The summed E-state index contributed by atoms with van der Waals surface area (Å²) in [6, 6.07) is 16.9. The second-order valence-corrected chi connectivity index (χ2v) is 6.24. The van der Waals surface area contributed by atoms with Crippen molar-refractivity contribution in [1.82, 2.24) is 0 Å². The Morgan fingerprint density at radius 1 is 0.679 bits per heavy atom. The molecule has 0 fully saturated rings. The van der Waals surface area contributed by atoms with Gasteiger partial charge in [-0.05, 0) is 18.2 Å². The number of carboxylic acid groups (broad SMARTS) is 1. The monoisotopic (exact) mass is 371 g/mol. The zero-order valence-electron chi connectivity index (χ0n) is 14.4. The minimum absolute atomic E-state index is 0.0393. The summed E-state index contributed by atoms with van der Waals surface area (Å²) in [5, 5.41) is 11.9. The van der Waals surface area contributed by atoms with E-state index in [0.717, 1.165) is 0 Å². The van der Waals surface area contributed by atoms with Crippen LogP contribution in [0.15, 0.2) is 66.7 Å². The molecule has 6 nitrogen and oxygen atoms in total. The smallest absolute Gasteiger partial charge is 0.336 e. The SMILES string of the molecule is O=C(O)c1ccccc1C(=O)Nc1cccc2c1C(=O)c1ccccc1C2=O. The molecule has 4 rings (SSSR count).